The molecule has 19 heavy (non-hydrogen) atoms. The molecule has 0 radical (unpaired) electrons. The third-order valence-electron chi connectivity index (χ3n) is 3.20. The van der Waals surface area contributed by atoms with E-state index < -0.39 is 9.84 Å². The lowest BCUT2D eigenvalue weighted by molar-refractivity contribution is 0.263. The molecule has 0 fully saturated rings. The summed E-state index contributed by atoms with van der Waals surface area (Å²) in [6.07, 6.45) is 4.06. The molecule has 0 aliphatic carbocycles. The highest BCUT2D eigenvalue weighted by Gasteiger charge is 2.21. The number of sulfone groups is 1. The van der Waals surface area contributed by atoms with Crippen LogP contribution in [0, 0.1) is 0 Å². The number of hydrogen-bond acceptors (Lipinski definition) is 5. The Morgan fingerprint density at radius 2 is 2.16 bits per heavy atom. The number of aryl methyl sites for hydroxylation is 2. The van der Waals surface area contributed by atoms with Crippen LogP contribution in [0.1, 0.15) is 24.2 Å². The second-order valence-electron chi connectivity index (χ2n) is 4.92. The van der Waals surface area contributed by atoms with Crippen LogP contribution in [0.2, 0.25) is 0 Å². The molecule has 0 spiro atoms. The number of nitrogens with zero attached hydrogens (tertiary/aromatic N) is 3. The van der Waals surface area contributed by atoms with Crippen LogP contribution in [-0.2, 0) is 23.3 Å². The lowest BCUT2D eigenvalue weighted by Gasteiger charge is -2.26. The molecular formula is C12H24N4O2S. The first-order chi connectivity index (χ1) is 8.78. The second kappa shape index (κ2) is 6.49. The molecule has 0 bridgehead atoms. The van der Waals surface area contributed by atoms with Gasteiger partial charge in [-0.1, -0.05) is 6.92 Å². The van der Waals surface area contributed by atoms with Gasteiger partial charge in [0.1, 0.15) is 9.84 Å². The third kappa shape index (κ3) is 4.59. The minimum Gasteiger partial charge on any atom is -0.329 e. The zero-order valence-corrected chi connectivity index (χ0v) is 12.9. The van der Waals surface area contributed by atoms with E-state index in [1.54, 1.807) is 4.68 Å². The molecule has 0 amide bonds. The van der Waals surface area contributed by atoms with E-state index in [1.807, 2.05) is 25.2 Å². The topological polar surface area (TPSA) is 81.2 Å². The van der Waals surface area contributed by atoms with E-state index in [9.17, 15) is 8.42 Å². The van der Waals surface area contributed by atoms with Crippen molar-refractivity contribution in [3.05, 3.63) is 17.5 Å². The fourth-order valence-electron chi connectivity index (χ4n) is 2.12. The summed E-state index contributed by atoms with van der Waals surface area (Å²) in [5.41, 5.74) is 7.95. The van der Waals surface area contributed by atoms with Crippen molar-refractivity contribution >= 4 is 9.84 Å². The lowest BCUT2D eigenvalue weighted by Crippen LogP contribution is -2.34. The van der Waals surface area contributed by atoms with Crippen LogP contribution in [0.15, 0.2) is 6.20 Å². The van der Waals surface area contributed by atoms with Crippen LogP contribution in [0.5, 0.6) is 0 Å². The molecule has 1 aromatic heterocycles. The Bertz CT molecular complexity index is 510. The van der Waals surface area contributed by atoms with Crippen LogP contribution < -0.4 is 5.73 Å². The molecule has 1 heterocycles. The van der Waals surface area contributed by atoms with E-state index in [1.165, 1.54) is 6.26 Å². The van der Waals surface area contributed by atoms with Gasteiger partial charge in [-0.05, 0) is 13.5 Å². The van der Waals surface area contributed by atoms with E-state index in [2.05, 4.69) is 12.0 Å². The molecule has 6 nitrogen and oxygen atoms in total. The van der Waals surface area contributed by atoms with Crippen molar-refractivity contribution in [2.45, 2.75) is 19.4 Å². The van der Waals surface area contributed by atoms with Gasteiger partial charge in [-0.25, -0.2) is 8.42 Å². The summed E-state index contributed by atoms with van der Waals surface area (Å²) in [5.74, 6) is 0.141. The quantitative estimate of drug-likeness (QED) is 0.761. The van der Waals surface area contributed by atoms with Crippen molar-refractivity contribution in [3.63, 3.8) is 0 Å². The van der Waals surface area contributed by atoms with E-state index in [0.29, 0.717) is 13.1 Å². The Labute approximate surface area is 115 Å². The summed E-state index contributed by atoms with van der Waals surface area (Å²) < 4.78 is 24.3. The molecule has 0 aromatic carbocycles. The summed E-state index contributed by atoms with van der Waals surface area (Å²) in [6.45, 7) is 2.97. The third-order valence-corrected chi connectivity index (χ3v) is 4.13. The number of hydrogen-bond donors (Lipinski definition) is 1. The molecule has 2 N–H and O–H groups in total. The molecule has 110 valence electrons. The molecule has 0 aliphatic heterocycles. The highest BCUT2D eigenvalue weighted by molar-refractivity contribution is 7.90. The zero-order chi connectivity index (χ0) is 14.6. The predicted molar refractivity (Wildman–Crippen MR) is 76.7 cm³/mol. The van der Waals surface area contributed by atoms with Crippen LogP contribution in [0.25, 0.3) is 0 Å². The van der Waals surface area contributed by atoms with Gasteiger partial charge in [-0.15, -0.1) is 0 Å². The van der Waals surface area contributed by atoms with Gasteiger partial charge >= 0.3 is 0 Å². The monoisotopic (exact) mass is 288 g/mol. The van der Waals surface area contributed by atoms with Gasteiger partial charge in [0, 0.05) is 38.2 Å². The summed E-state index contributed by atoms with van der Waals surface area (Å²) in [4.78, 5) is 1.98. The van der Waals surface area contributed by atoms with E-state index >= 15 is 0 Å². The van der Waals surface area contributed by atoms with Crippen molar-refractivity contribution in [1.29, 1.82) is 0 Å². The average molecular weight is 288 g/mol. The minimum atomic E-state index is -2.96. The molecule has 1 rings (SSSR count). The second-order valence-corrected chi connectivity index (χ2v) is 7.18. The Hall–Kier alpha value is -0.920. The predicted octanol–water partition coefficient (Wildman–Crippen LogP) is -0.0413. The summed E-state index contributed by atoms with van der Waals surface area (Å²) in [7, 11) is 0.823. The first-order valence-corrected chi connectivity index (χ1v) is 8.45. The Balaban J connectivity index is 2.87. The maximum Gasteiger partial charge on any atom is 0.148 e. The normalized spacial score (nSPS) is 14.0. The fourth-order valence-corrected chi connectivity index (χ4v) is 2.74. The molecule has 1 aromatic rings. The van der Waals surface area contributed by atoms with Crippen molar-refractivity contribution < 1.29 is 8.42 Å². The molecule has 0 saturated carbocycles. The molecular weight excluding hydrogens is 264 g/mol. The standard InChI is InChI=1S/C12H24N4O2S/c1-5-11-10(9-16(3)14-11)12(8-13)15(2)6-7-19(4,17)18/h9,12H,5-8,13H2,1-4H3. The number of rotatable bonds is 7. The van der Waals surface area contributed by atoms with Gasteiger partial charge in [-0.3, -0.25) is 9.58 Å². The average Bonchev–Trinajstić information content (AvgIpc) is 2.68. The van der Waals surface area contributed by atoms with Crippen molar-refractivity contribution in [3.8, 4) is 0 Å². The number of nitrogens with two attached hydrogens (primary N) is 1. The summed E-state index contributed by atoms with van der Waals surface area (Å²) >= 11 is 0. The van der Waals surface area contributed by atoms with Crippen LogP contribution in [-0.4, -0.2) is 55.2 Å². The lowest BCUT2D eigenvalue weighted by atomic mass is 10.1. The van der Waals surface area contributed by atoms with Crippen molar-refractivity contribution in [2.24, 2.45) is 12.8 Å². The molecule has 0 saturated heterocycles. The fraction of sp³-hybridized carbons (Fsp3) is 0.750. The van der Waals surface area contributed by atoms with Crippen molar-refractivity contribution in [2.75, 3.05) is 32.1 Å². The van der Waals surface area contributed by atoms with E-state index in [0.717, 1.165) is 17.7 Å². The Kier molecular flexibility index (Phi) is 5.51. The zero-order valence-electron chi connectivity index (χ0n) is 12.1. The highest BCUT2D eigenvalue weighted by Crippen LogP contribution is 2.21. The maximum atomic E-state index is 11.2. The highest BCUT2D eigenvalue weighted by atomic mass is 32.2. The first kappa shape index (κ1) is 16.1. The van der Waals surface area contributed by atoms with E-state index in [4.69, 9.17) is 5.73 Å². The number of aromatic nitrogens is 2. The van der Waals surface area contributed by atoms with Gasteiger partial charge in [0.15, 0.2) is 0 Å². The van der Waals surface area contributed by atoms with Gasteiger partial charge in [0.05, 0.1) is 17.5 Å². The largest absolute Gasteiger partial charge is 0.329 e. The van der Waals surface area contributed by atoms with Gasteiger partial charge < -0.3 is 5.73 Å². The molecule has 0 aliphatic rings. The SMILES string of the molecule is CCc1nn(C)cc1C(CN)N(C)CCS(C)(=O)=O. The van der Waals surface area contributed by atoms with Gasteiger partial charge in [0.25, 0.3) is 0 Å². The smallest absolute Gasteiger partial charge is 0.148 e. The van der Waals surface area contributed by atoms with Gasteiger partial charge in [-0.2, -0.15) is 5.10 Å². The van der Waals surface area contributed by atoms with E-state index in [-0.39, 0.29) is 11.8 Å². The van der Waals surface area contributed by atoms with Crippen LogP contribution in [0.3, 0.4) is 0 Å². The Morgan fingerprint density at radius 1 is 1.53 bits per heavy atom. The Morgan fingerprint density at radius 3 is 2.63 bits per heavy atom. The first-order valence-electron chi connectivity index (χ1n) is 6.39. The van der Waals surface area contributed by atoms with Crippen molar-refractivity contribution in [1.82, 2.24) is 14.7 Å². The van der Waals surface area contributed by atoms with Crippen LogP contribution >= 0.6 is 0 Å². The molecule has 7 heteroatoms. The molecule has 1 unspecified atom stereocenters. The summed E-state index contributed by atoms with van der Waals surface area (Å²) in [6, 6.07) is 0.00500. The maximum absolute atomic E-state index is 11.2. The summed E-state index contributed by atoms with van der Waals surface area (Å²) in [5, 5.41) is 4.41. The minimum absolute atomic E-state index is 0.00500. The van der Waals surface area contributed by atoms with Gasteiger partial charge in [0.2, 0.25) is 0 Å². The molecule has 1 atom stereocenters. The number of likely N-dealkylation sites (N-methyl/N-ethyl adjacent to an activating group) is 1. The van der Waals surface area contributed by atoms with Crippen LogP contribution in [0.4, 0.5) is 0 Å².